The summed E-state index contributed by atoms with van der Waals surface area (Å²) in [5, 5.41) is 31.9. The average Bonchev–Trinajstić information content (AvgIpc) is 2.88. The Hall–Kier alpha value is -3.63. The Bertz CT molecular complexity index is 902. The van der Waals surface area contributed by atoms with Crippen LogP contribution < -0.4 is 15.4 Å². The zero-order valence-electron chi connectivity index (χ0n) is 21.9. The van der Waals surface area contributed by atoms with Crippen LogP contribution >= 0.6 is 0 Å². The number of unbranched alkanes of at least 4 members (excludes halogenated alkanes) is 7. The van der Waals surface area contributed by atoms with Crippen molar-refractivity contribution in [3.63, 3.8) is 0 Å². The van der Waals surface area contributed by atoms with Gasteiger partial charge in [-0.25, -0.2) is 14.4 Å². The fourth-order valence-electron chi connectivity index (χ4n) is 3.74. The molecule has 0 saturated heterocycles. The lowest BCUT2D eigenvalue weighted by Crippen LogP contribution is -2.43. The largest absolute Gasteiger partial charge is 0.494 e. The molecular weight excluding hydrogens is 496 g/mol. The first-order valence-corrected chi connectivity index (χ1v) is 13.1. The van der Waals surface area contributed by atoms with Crippen molar-refractivity contribution in [1.82, 2.24) is 10.6 Å². The van der Waals surface area contributed by atoms with E-state index in [0.717, 1.165) is 44.9 Å². The van der Waals surface area contributed by atoms with E-state index in [1.807, 2.05) is 0 Å². The SMILES string of the molecule is CC[C@H](NC(=O)CC[C@H](NC(=O)CCCCCCCCCCOc1ccc(C(=O)O)cc1)C(=O)O)C(=O)O. The van der Waals surface area contributed by atoms with Crippen LogP contribution in [0.5, 0.6) is 5.75 Å². The van der Waals surface area contributed by atoms with Crippen LogP contribution in [0.4, 0.5) is 0 Å². The van der Waals surface area contributed by atoms with Gasteiger partial charge in [0, 0.05) is 12.8 Å². The first-order valence-electron chi connectivity index (χ1n) is 13.1. The normalized spacial score (nSPS) is 12.2. The number of benzene rings is 1. The molecule has 0 spiro atoms. The van der Waals surface area contributed by atoms with Gasteiger partial charge < -0.3 is 30.7 Å². The first kappa shape index (κ1) is 32.4. The van der Waals surface area contributed by atoms with Crippen LogP contribution in [0, 0.1) is 0 Å². The van der Waals surface area contributed by atoms with E-state index in [4.69, 9.17) is 14.9 Å². The van der Waals surface area contributed by atoms with E-state index >= 15 is 0 Å². The Balaban J connectivity index is 2.08. The van der Waals surface area contributed by atoms with E-state index in [9.17, 15) is 29.1 Å². The minimum atomic E-state index is -1.24. The van der Waals surface area contributed by atoms with Crippen molar-refractivity contribution < 1.29 is 44.0 Å². The highest BCUT2D eigenvalue weighted by atomic mass is 16.5. The van der Waals surface area contributed by atoms with Gasteiger partial charge in [0.25, 0.3) is 0 Å². The molecular formula is C27H40N2O9. The number of nitrogens with one attached hydrogen (secondary N) is 2. The molecule has 5 N–H and O–H groups in total. The number of carbonyl (C=O) groups is 5. The maximum Gasteiger partial charge on any atom is 0.335 e. The molecule has 0 heterocycles. The molecule has 1 aromatic rings. The summed E-state index contributed by atoms with van der Waals surface area (Å²) in [7, 11) is 0. The molecule has 0 bridgehead atoms. The molecule has 2 atom stereocenters. The Morgan fingerprint density at radius 3 is 1.74 bits per heavy atom. The van der Waals surface area contributed by atoms with Gasteiger partial charge in [0.2, 0.25) is 11.8 Å². The topological polar surface area (TPSA) is 179 Å². The van der Waals surface area contributed by atoms with Gasteiger partial charge in [0.1, 0.15) is 17.8 Å². The van der Waals surface area contributed by atoms with Gasteiger partial charge in [0.15, 0.2) is 0 Å². The number of carbonyl (C=O) groups excluding carboxylic acids is 2. The molecule has 38 heavy (non-hydrogen) atoms. The van der Waals surface area contributed by atoms with Crippen molar-refractivity contribution in [2.75, 3.05) is 6.61 Å². The van der Waals surface area contributed by atoms with Crippen LogP contribution in [0.25, 0.3) is 0 Å². The number of aromatic carboxylic acids is 1. The summed E-state index contributed by atoms with van der Waals surface area (Å²) in [6.45, 7) is 2.19. The smallest absolute Gasteiger partial charge is 0.335 e. The highest BCUT2D eigenvalue weighted by molar-refractivity contribution is 5.87. The van der Waals surface area contributed by atoms with Gasteiger partial charge in [-0.05, 0) is 49.9 Å². The van der Waals surface area contributed by atoms with Gasteiger partial charge >= 0.3 is 17.9 Å². The zero-order chi connectivity index (χ0) is 28.3. The minimum absolute atomic E-state index is 0.120. The van der Waals surface area contributed by atoms with Crippen molar-refractivity contribution >= 4 is 29.7 Å². The summed E-state index contributed by atoms with van der Waals surface area (Å²) in [6.07, 6.45) is 7.70. The predicted molar refractivity (Wildman–Crippen MR) is 139 cm³/mol. The number of carboxylic acids is 3. The highest BCUT2D eigenvalue weighted by Gasteiger charge is 2.23. The molecule has 0 saturated carbocycles. The lowest BCUT2D eigenvalue weighted by molar-refractivity contribution is -0.143. The molecule has 0 aliphatic carbocycles. The summed E-state index contributed by atoms with van der Waals surface area (Å²) in [5.74, 6) is -3.66. The summed E-state index contributed by atoms with van der Waals surface area (Å²) in [5.41, 5.74) is 0.227. The number of hydrogen-bond acceptors (Lipinski definition) is 6. The third-order valence-corrected chi connectivity index (χ3v) is 6.00. The molecule has 0 radical (unpaired) electrons. The average molecular weight is 537 g/mol. The number of hydrogen-bond donors (Lipinski definition) is 5. The number of ether oxygens (including phenoxy) is 1. The van der Waals surface area contributed by atoms with Gasteiger partial charge in [-0.15, -0.1) is 0 Å². The predicted octanol–water partition coefficient (Wildman–Crippen LogP) is 3.60. The van der Waals surface area contributed by atoms with Crippen LogP contribution in [0.2, 0.25) is 0 Å². The summed E-state index contributed by atoms with van der Waals surface area (Å²) in [6, 6.07) is 4.10. The second-order valence-corrected chi connectivity index (χ2v) is 9.12. The standard InChI is InChI=1S/C27H40N2O9/c1-2-21(26(34)35)28-24(31)17-16-22(27(36)37)29-23(30)11-9-7-5-3-4-6-8-10-18-38-20-14-12-19(13-15-20)25(32)33/h12-15,21-22H,2-11,16-18H2,1H3,(H,28,31)(H,29,30)(H,32,33)(H,34,35)(H,36,37)/t21-,22-/m0/s1. The summed E-state index contributed by atoms with van der Waals surface area (Å²) in [4.78, 5) is 57.2. The fourth-order valence-corrected chi connectivity index (χ4v) is 3.74. The van der Waals surface area contributed by atoms with Crippen molar-refractivity contribution in [2.24, 2.45) is 0 Å². The summed E-state index contributed by atoms with van der Waals surface area (Å²) < 4.78 is 5.61. The van der Waals surface area contributed by atoms with E-state index in [-0.39, 0.29) is 37.2 Å². The number of carboxylic acid groups (broad SMARTS) is 3. The van der Waals surface area contributed by atoms with E-state index < -0.39 is 35.9 Å². The molecule has 1 aromatic carbocycles. The quantitative estimate of drug-likeness (QED) is 0.147. The van der Waals surface area contributed by atoms with E-state index in [2.05, 4.69) is 10.6 Å². The lowest BCUT2D eigenvalue weighted by atomic mass is 10.1. The fraction of sp³-hybridized carbons (Fsp3) is 0.593. The Kier molecular flexibility index (Phi) is 15.8. The molecule has 2 amide bonds. The van der Waals surface area contributed by atoms with Gasteiger partial charge in [-0.1, -0.05) is 45.4 Å². The second kappa shape index (κ2) is 18.6. The molecule has 0 aliphatic rings. The Labute approximate surface area is 222 Å². The minimum Gasteiger partial charge on any atom is -0.494 e. The van der Waals surface area contributed by atoms with Crippen LogP contribution in [-0.2, 0) is 19.2 Å². The first-order chi connectivity index (χ1) is 18.1. The maximum atomic E-state index is 12.1. The Morgan fingerprint density at radius 2 is 1.21 bits per heavy atom. The number of rotatable bonds is 21. The van der Waals surface area contributed by atoms with E-state index in [0.29, 0.717) is 18.8 Å². The molecule has 11 nitrogen and oxygen atoms in total. The monoisotopic (exact) mass is 536 g/mol. The zero-order valence-corrected chi connectivity index (χ0v) is 21.9. The van der Waals surface area contributed by atoms with Crippen LogP contribution in [0.1, 0.15) is 94.3 Å². The van der Waals surface area contributed by atoms with Crippen molar-refractivity contribution in [3.05, 3.63) is 29.8 Å². The molecule has 0 aromatic heterocycles. The molecule has 11 heteroatoms. The maximum absolute atomic E-state index is 12.1. The third-order valence-electron chi connectivity index (χ3n) is 6.00. The summed E-state index contributed by atoms with van der Waals surface area (Å²) >= 11 is 0. The lowest BCUT2D eigenvalue weighted by Gasteiger charge is -2.16. The van der Waals surface area contributed by atoms with Gasteiger partial charge in [-0.2, -0.15) is 0 Å². The second-order valence-electron chi connectivity index (χ2n) is 9.12. The molecule has 1 rings (SSSR count). The molecule has 0 aliphatic heterocycles. The van der Waals surface area contributed by atoms with Crippen molar-refractivity contribution in [3.8, 4) is 5.75 Å². The van der Waals surface area contributed by atoms with Crippen molar-refractivity contribution in [1.29, 1.82) is 0 Å². The van der Waals surface area contributed by atoms with Gasteiger partial charge in [0.05, 0.1) is 12.2 Å². The van der Waals surface area contributed by atoms with Gasteiger partial charge in [-0.3, -0.25) is 9.59 Å². The Morgan fingerprint density at radius 1 is 0.711 bits per heavy atom. The number of amides is 2. The third kappa shape index (κ3) is 14.2. The number of aliphatic carboxylic acids is 2. The van der Waals surface area contributed by atoms with Crippen LogP contribution in [0.3, 0.4) is 0 Å². The van der Waals surface area contributed by atoms with E-state index in [1.165, 1.54) is 12.1 Å². The highest BCUT2D eigenvalue weighted by Crippen LogP contribution is 2.14. The van der Waals surface area contributed by atoms with E-state index in [1.54, 1.807) is 19.1 Å². The van der Waals surface area contributed by atoms with Crippen LogP contribution in [0.15, 0.2) is 24.3 Å². The van der Waals surface area contributed by atoms with Crippen molar-refractivity contribution in [2.45, 2.75) is 96.1 Å². The molecule has 212 valence electrons. The molecule has 0 unspecified atom stereocenters. The molecule has 0 fully saturated rings. The van der Waals surface area contributed by atoms with Crippen LogP contribution in [-0.4, -0.2) is 63.7 Å².